The third-order valence-electron chi connectivity index (χ3n) is 1.19. The molecule has 0 rings (SSSR count). The van der Waals surface area contributed by atoms with Gasteiger partial charge in [0, 0.05) is 0 Å². The minimum absolute atomic E-state index is 0.949. The van der Waals surface area contributed by atoms with Crippen LogP contribution in [-0.4, -0.2) is 0 Å². The molecular formula is C9H15. The first-order chi connectivity index (χ1) is 4.31. The van der Waals surface area contributed by atoms with Crippen LogP contribution in [0, 0.1) is 6.58 Å². The fraction of sp³-hybridized carbons (Fsp3) is 0.556. The van der Waals surface area contributed by atoms with Crippen LogP contribution >= 0.6 is 0 Å². The summed E-state index contributed by atoms with van der Waals surface area (Å²) in [5, 5.41) is 0. The van der Waals surface area contributed by atoms with Crippen molar-refractivity contribution in [1.29, 1.82) is 0 Å². The Labute approximate surface area is 58.3 Å². The lowest BCUT2D eigenvalue weighted by atomic mass is 10.1. The van der Waals surface area contributed by atoms with E-state index in [0.717, 1.165) is 24.8 Å². The van der Waals surface area contributed by atoms with Crippen LogP contribution in [0.1, 0.15) is 33.1 Å². The van der Waals surface area contributed by atoms with Crippen molar-refractivity contribution in [3.05, 3.63) is 24.3 Å². The molecule has 0 nitrogen and oxygen atoms in total. The van der Waals surface area contributed by atoms with Crippen LogP contribution in [0.3, 0.4) is 0 Å². The average molecular weight is 123 g/mol. The zero-order valence-corrected chi connectivity index (χ0v) is 6.35. The maximum absolute atomic E-state index is 5.64. The molecule has 0 heteroatoms. The van der Waals surface area contributed by atoms with E-state index in [9.17, 15) is 0 Å². The van der Waals surface area contributed by atoms with Crippen LogP contribution < -0.4 is 0 Å². The molecular weight excluding hydrogens is 108 g/mol. The van der Waals surface area contributed by atoms with Crippen molar-refractivity contribution in [1.82, 2.24) is 0 Å². The molecule has 0 aliphatic heterocycles. The minimum atomic E-state index is 0.949. The van der Waals surface area contributed by atoms with Crippen LogP contribution in [0.5, 0.6) is 0 Å². The van der Waals surface area contributed by atoms with Gasteiger partial charge in [-0.3, -0.25) is 0 Å². The maximum atomic E-state index is 5.64. The largest absolute Gasteiger partial charge is 0.0913 e. The molecule has 0 heterocycles. The summed E-state index contributed by atoms with van der Waals surface area (Å²) >= 11 is 0. The normalized spacial score (nSPS) is 10.4. The summed E-state index contributed by atoms with van der Waals surface area (Å²) in [4.78, 5) is 0. The van der Waals surface area contributed by atoms with Gasteiger partial charge in [-0.25, -0.2) is 0 Å². The van der Waals surface area contributed by atoms with E-state index < -0.39 is 0 Å². The van der Waals surface area contributed by atoms with Gasteiger partial charge in [0.25, 0.3) is 0 Å². The Kier molecular flexibility index (Phi) is 5.29. The zero-order chi connectivity index (χ0) is 7.11. The lowest BCUT2D eigenvalue weighted by Crippen LogP contribution is -1.76. The number of hydrogen-bond donors (Lipinski definition) is 0. The molecule has 0 fully saturated rings. The summed E-state index contributed by atoms with van der Waals surface area (Å²) in [5.41, 5.74) is 1.09. The van der Waals surface area contributed by atoms with Gasteiger partial charge in [0.05, 0.1) is 0 Å². The van der Waals surface area contributed by atoms with E-state index in [1.165, 1.54) is 0 Å². The van der Waals surface area contributed by atoms with Gasteiger partial charge in [0.15, 0.2) is 0 Å². The topological polar surface area (TPSA) is 0 Å². The van der Waals surface area contributed by atoms with E-state index in [-0.39, 0.29) is 0 Å². The highest BCUT2D eigenvalue weighted by molar-refractivity contribution is 4.98. The SMILES string of the molecule is [CH]=C(CC=CC)CCC. The predicted molar refractivity (Wildman–Crippen MR) is 42.2 cm³/mol. The van der Waals surface area contributed by atoms with Gasteiger partial charge in [-0.1, -0.05) is 37.6 Å². The molecule has 0 atom stereocenters. The van der Waals surface area contributed by atoms with Gasteiger partial charge in [0.1, 0.15) is 0 Å². The van der Waals surface area contributed by atoms with Gasteiger partial charge >= 0.3 is 0 Å². The fourth-order valence-electron chi connectivity index (χ4n) is 0.692. The zero-order valence-electron chi connectivity index (χ0n) is 6.35. The first kappa shape index (κ1) is 8.48. The molecule has 0 bridgehead atoms. The summed E-state index contributed by atoms with van der Waals surface area (Å²) in [5.74, 6) is 0. The lowest BCUT2D eigenvalue weighted by molar-refractivity contribution is 0.881. The van der Waals surface area contributed by atoms with Crippen molar-refractivity contribution in [2.24, 2.45) is 0 Å². The Bertz CT molecular complexity index is 98.6. The first-order valence-electron chi connectivity index (χ1n) is 3.52. The molecule has 0 spiro atoms. The monoisotopic (exact) mass is 123 g/mol. The highest BCUT2D eigenvalue weighted by Gasteiger charge is 1.86. The summed E-state index contributed by atoms with van der Waals surface area (Å²) in [6, 6.07) is 0. The van der Waals surface area contributed by atoms with Gasteiger partial charge in [0.2, 0.25) is 0 Å². The molecule has 1 radical (unpaired) electrons. The highest BCUT2D eigenvalue weighted by Crippen LogP contribution is 2.06. The van der Waals surface area contributed by atoms with E-state index in [1.54, 1.807) is 0 Å². The van der Waals surface area contributed by atoms with Crippen molar-refractivity contribution >= 4 is 0 Å². The summed E-state index contributed by atoms with van der Waals surface area (Å²) in [7, 11) is 0. The smallest absolute Gasteiger partial charge is 0.0136 e. The fourth-order valence-corrected chi connectivity index (χ4v) is 0.692. The number of allylic oxidation sites excluding steroid dienone is 3. The van der Waals surface area contributed by atoms with Crippen LogP contribution in [0.15, 0.2) is 17.7 Å². The van der Waals surface area contributed by atoms with Gasteiger partial charge < -0.3 is 0 Å². The minimum Gasteiger partial charge on any atom is -0.0913 e. The van der Waals surface area contributed by atoms with Crippen LogP contribution in [0.4, 0.5) is 0 Å². The van der Waals surface area contributed by atoms with Crippen molar-refractivity contribution < 1.29 is 0 Å². The second-order valence-corrected chi connectivity index (χ2v) is 2.18. The molecule has 0 aromatic heterocycles. The Morgan fingerprint density at radius 2 is 2.22 bits per heavy atom. The van der Waals surface area contributed by atoms with E-state index in [2.05, 4.69) is 13.0 Å². The van der Waals surface area contributed by atoms with Crippen molar-refractivity contribution in [3.63, 3.8) is 0 Å². The van der Waals surface area contributed by atoms with E-state index in [4.69, 9.17) is 6.58 Å². The lowest BCUT2D eigenvalue weighted by Gasteiger charge is -1.95. The van der Waals surface area contributed by atoms with Gasteiger partial charge in [-0.05, 0) is 19.8 Å². The number of hydrogen-bond acceptors (Lipinski definition) is 0. The van der Waals surface area contributed by atoms with Gasteiger partial charge in [-0.2, -0.15) is 0 Å². The Balaban J connectivity index is 3.27. The van der Waals surface area contributed by atoms with Crippen molar-refractivity contribution in [2.45, 2.75) is 33.1 Å². The standard InChI is InChI=1S/C9H15/c1-4-6-8-9(3)7-5-2/h3-4,6H,5,7-8H2,1-2H3. The second-order valence-electron chi connectivity index (χ2n) is 2.18. The van der Waals surface area contributed by atoms with Crippen molar-refractivity contribution in [3.8, 4) is 0 Å². The molecule has 51 valence electrons. The predicted octanol–water partition coefficient (Wildman–Crippen LogP) is 3.11. The van der Waals surface area contributed by atoms with Crippen LogP contribution in [-0.2, 0) is 0 Å². The Morgan fingerprint density at radius 1 is 1.56 bits per heavy atom. The molecule has 0 aliphatic rings. The van der Waals surface area contributed by atoms with E-state index in [0.29, 0.717) is 0 Å². The average Bonchev–Trinajstić information content (AvgIpc) is 1.85. The van der Waals surface area contributed by atoms with Crippen LogP contribution in [0.2, 0.25) is 0 Å². The van der Waals surface area contributed by atoms with E-state index >= 15 is 0 Å². The summed E-state index contributed by atoms with van der Waals surface area (Å²) < 4.78 is 0. The molecule has 0 unspecified atom stereocenters. The molecule has 0 N–H and O–H groups in total. The first-order valence-corrected chi connectivity index (χ1v) is 3.52. The Hall–Kier alpha value is -0.520. The van der Waals surface area contributed by atoms with Gasteiger partial charge in [-0.15, -0.1) is 0 Å². The van der Waals surface area contributed by atoms with E-state index in [1.807, 2.05) is 13.0 Å². The molecule has 9 heavy (non-hydrogen) atoms. The second kappa shape index (κ2) is 5.61. The molecule has 0 aromatic carbocycles. The van der Waals surface area contributed by atoms with Crippen LogP contribution in [0.25, 0.3) is 0 Å². The molecule has 0 aromatic rings. The summed E-state index contributed by atoms with van der Waals surface area (Å²) in [6.07, 6.45) is 7.28. The molecule has 0 saturated heterocycles. The highest BCUT2D eigenvalue weighted by atomic mass is 13.9. The third-order valence-corrected chi connectivity index (χ3v) is 1.19. The third kappa shape index (κ3) is 5.35. The molecule has 0 aliphatic carbocycles. The number of rotatable bonds is 4. The molecule has 0 saturated carbocycles. The summed E-state index contributed by atoms with van der Waals surface area (Å²) in [6.45, 7) is 9.79. The Morgan fingerprint density at radius 3 is 2.67 bits per heavy atom. The quantitative estimate of drug-likeness (QED) is 0.504. The molecule has 0 amide bonds. The maximum Gasteiger partial charge on any atom is -0.0136 e. The van der Waals surface area contributed by atoms with Crippen molar-refractivity contribution in [2.75, 3.05) is 0 Å².